The number of hydrogen-bond donors (Lipinski definition) is 1. The molecular formula is C15H17N5. The highest BCUT2D eigenvalue weighted by atomic mass is 15.3. The number of hydrogen-bond acceptors (Lipinski definition) is 4. The number of aromatic nitrogens is 4. The molecule has 1 aromatic carbocycles. The summed E-state index contributed by atoms with van der Waals surface area (Å²) in [7, 11) is 0. The molecule has 5 heteroatoms. The molecule has 20 heavy (non-hydrogen) atoms. The van der Waals surface area contributed by atoms with Gasteiger partial charge in [-0.2, -0.15) is 5.10 Å². The van der Waals surface area contributed by atoms with Gasteiger partial charge in [-0.15, -0.1) is 0 Å². The molecule has 5 nitrogen and oxygen atoms in total. The Morgan fingerprint density at radius 3 is 2.70 bits per heavy atom. The van der Waals surface area contributed by atoms with E-state index in [1.165, 1.54) is 0 Å². The second-order valence-corrected chi connectivity index (χ2v) is 5.02. The molecule has 0 saturated carbocycles. The molecule has 0 aliphatic heterocycles. The highest BCUT2D eigenvalue weighted by Gasteiger charge is 2.06. The van der Waals surface area contributed by atoms with E-state index in [4.69, 9.17) is 0 Å². The van der Waals surface area contributed by atoms with E-state index in [1.54, 1.807) is 12.4 Å². The van der Waals surface area contributed by atoms with Crippen LogP contribution in [0.5, 0.6) is 0 Å². The molecule has 0 unspecified atom stereocenters. The molecule has 3 rings (SSSR count). The molecule has 1 N–H and O–H groups in total. The van der Waals surface area contributed by atoms with E-state index in [9.17, 15) is 0 Å². The minimum atomic E-state index is 0.437. The van der Waals surface area contributed by atoms with Crippen LogP contribution in [0.4, 0.5) is 0 Å². The molecule has 0 atom stereocenters. The third-order valence-corrected chi connectivity index (χ3v) is 3.08. The van der Waals surface area contributed by atoms with Crippen molar-refractivity contribution in [2.75, 3.05) is 0 Å². The highest BCUT2D eigenvalue weighted by Crippen LogP contribution is 2.15. The lowest BCUT2D eigenvalue weighted by molar-refractivity contribution is 0.579. The first-order valence-electron chi connectivity index (χ1n) is 6.71. The SMILES string of the molecule is CC(C)NCc1cnc(-n2ncc3ccccc32)cn1. The average Bonchev–Trinajstić information content (AvgIpc) is 2.89. The van der Waals surface area contributed by atoms with Crippen molar-refractivity contribution in [1.82, 2.24) is 25.1 Å². The Morgan fingerprint density at radius 1 is 1.10 bits per heavy atom. The third-order valence-electron chi connectivity index (χ3n) is 3.08. The zero-order valence-corrected chi connectivity index (χ0v) is 11.6. The van der Waals surface area contributed by atoms with Gasteiger partial charge in [0.2, 0.25) is 0 Å². The lowest BCUT2D eigenvalue weighted by Crippen LogP contribution is -2.22. The molecule has 102 valence electrons. The summed E-state index contributed by atoms with van der Waals surface area (Å²) in [6, 6.07) is 8.49. The normalized spacial score (nSPS) is 11.3. The van der Waals surface area contributed by atoms with Gasteiger partial charge in [0, 0.05) is 18.0 Å². The van der Waals surface area contributed by atoms with E-state index < -0.39 is 0 Å². The fourth-order valence-corrected chi connectivity index (χ4v) is 2.01. The van der Waals surface area contributed by atoms with E-state index in [-0.39, 0.29) is 0 Å². The molecule has 0 spiro atoms. The average molecular weight is 267 g/mol. The number of fused-ring (bicyclic) bond motifs is 1. The van der Waals surface area contributed by atoms with Gasteiger partial charge in [0.1, 0.15) is 0 Å². The Morgan fingerprint density at radius 2 is 1.95 bits per heavy atom. The first kappa shape index (κ1) is 12.7. The molecule has 0 aliphatic carbocycles. The van der Waals surface area contributed by atoms with Crippen molar-refractivity contribution in [2.24, 2.45) is 0 Å². The lowest BCUT2D eigenvalue weighted by Gasteiger charge is -2.07. The summed E-state index contributed by atoms with van der Waals surface area (Å²) in [5.74, 6) is 0.736. The Bertz CT molecular complexity index is 700. The zero-order chi connectivity index (χ0) is 13.9. The standard InChI is InChI=1S/C15H17N5/c1-11(2)16-8-13-9-18-15(10-17-13)20-14-6-4-3-5-12(14)7-19-20/h3-7,9-11,16H,8H2,1-2H3. The molecule has 2 aromatic heterocycles. The maximum Gasteiger partial charge on any atom is 0.172 e. The maximum absolute atomic E-state index is 4.45. The van der Waals surface area contributed by atoms with Gasteiger partial charge in [-0.05, 0) is 6.07 Å². The van der Waals surface area contributed by atoms with E-state index in [2.05, 4.69) is 34.2 Å². The predicted octanol–water partition coefficient (Wildman–Crippen LogP) is 2.31. The molecule has 2 heterocycles. The molecule has 0 amide bonds. The van der Waals surface area contributed by atoms with E-state index in [1.807, 2.05) is 35.1 Å². The van der Waals surface area contributed by atoms with E-state index >= 15 is 0 Å². The van der Waals surface area contributed by atoms with E-state index in [0.29, 0.717) is 6.04 Å². The van der Waals surface area contributed by atoms with Gasteiger partial charge in [0.25, 0.3) is 0 Å². The molecule has 0 radical (unpaired) electrons. The number of nitrogens with one attached hydrogen (secondary N) is 1. The van der Waals surface area contributed by atoms with Gasteiger partial charge in [0.15, 0.2) is 5.82 Å². The number of rotatable bonds is 4. The maximum atomic E-state index is 4.45. The van der Waals surface area contributed by atoms with Crippen LogP contribution in [0.15, 0.2) is 42.9 Å². The lowest BCUT2D eigenvalue weighted by atomic mass is 10.3. The Balaban J connectivity index is 1.87. The van der Waals surface area contributed by atoms with Crippen molar-refractivity contribution in [3.05, 3.63) is 48.5 Å². The van der Waals surface area contributed by atoms with Crippen molar-refractivity contribution >= 4 is 10.9 Å². The highest BCUT2D eigenvalue weighted by molar-refractivity contribution is 5.79. The van der Waals surface area contributed by atoms with Crippen LogP contribution in [0.25, 0.3) is 16.7 Å². The van der Waals surface area contributed by atoms with Gasteiger partial charge in [0.05, 0.1) is 29.8 Å². The summed E-state index contributed by atoms with van der Waals surface area (Å²) in [5, 5.41) is 8.79. The van der Waals surface area contributed by atoms with E-state index in [0.717, 1.165) is 29.0 Å². The quantitative estimate of drug-likeness (QED) is 0.788. The van der Waals surface area contributed by atoms with Crippen molar-refractivity contribution in [2.45, 2.75) is 26.4 Å². The van der Waals surface area contributed by atoms with Gasteiger partial charge >= 0.3 is 0 Å². The van der Waals surface area contributed by atoms with Crippen LogP contribution in [0.1, 0.15) is 19.5 Å². The fourth-order valence-electron chi connectivity index (χ4n) is 2.01. The van der Waals surface area contributed by atoms with Crippen LogP contribution in [-0.2, 0) is 6.54 Å². The zero-order valence-electron chi connectivity index (χ0n) is 11.6. The third kappa shape index (κ3) is 2.53. The second-order valence-electron chi connectivity index (χ2n) is 5.02. The van der Waals surface area contributed by atoms with Crippen LogP contribution in [0.2, 0.25) is 0 Å². The minimum Gasteiger partial charge on any atom is -0.309 e. The molecule has 0 fully saturated rings. The number of nitrogens with zero attached hydrogens (tertiary/aromatic N) is 4. The van der Waals surface area contributed by atoms with Crippen molar-refractivity contribution in [3.63, 3.8) is 0 Å². The molecule has 0 aliphatic rings. The van der Waals surface area contributed by atoms with Crippen LogP contribution >= 0.6 is 0 Å². The monoisotopic (exact) mass is 267 g/mol. The summed E-state index contributed by atoms with van der Waals surface area (Å²) in [4.78, 5) is 8.87. The summed E-state index contributed by atoms with van der Waals surface area (Å²) in [5.41, 5.74) is 1.97. The Kier molecular flexibility index (Phi) is 3.43. The molecule has 0 saturated heterocycles. The first-order chi connectivity index (χ1) is 9.74. The summed E-state index contributed by atoms with van der Waals surface area (Å²) >= 11 is 0. The fraction of sp³-hybridized carbons (Fsp3) is 0.267. The van der Waals surface area contributed by atoms with Crippen molar-refractivity contribution in [3.8, 4) is 5.82 Å². The van der Waals surface area contributed by atoms with Gasteiger partial charge < -0.3 is 5.32 Å². The van der Waals surface area contributed by atoms with Crippen LogP contribution in [-0.4, -0.2) is 25.8 Å². The summed E-state index contributed by atoms with van der Waals surface area (Å²) < 4.78 is 1.81. The van der Waals surface area contributed by atoms with Crippen molar-refractivity contribution < 1.29 is 0 Å². The summed E-state index contributed by atoms with van der Waals surface area (Å²) in [6.07, 6.45) is 5.39. The minimum absolute atomic E-state index is 0.437. The second kappa shape index (κ2) is 5.38. The van der Waals surface area contributed by atoms with Gasteiger partial charge in [-0.25, -0.2) is 9.67 Å². The molecule has 0 bridgehead atoms. The predicted molar refractivity (Wildman–Crippen MR) is 78.6 cm³/mol. The smallest absolute Gasteiger partial charge is 0.172 e. The molecular weight excluding hydrogens is 250 g/mol. The molecule has 3 aromatic rings. The van der Waals surface area contributed by atoms with Gasteiger partial charge in [-0.3, -0.25) is 4.98 Å². The van der Waals surface area contributed by atoms with Gasteiger partial charge in [-0.1, -0.05) is 32.0 Å². The topological polar surface area (TPSA) is 55.6 Å². The largest absolute Gasteiger partial charge is 0.309 e. The number of benzene rings is 1. The number of para-hydroxylation sites is 1. The van der Waals surface area contributed by atoms with Crippen LogP contribution in [0, 0.1) is 0 Å². The van der Waals surface area contributed by atoms with Crippen molar-refractivity contribution in [1.29, 1.82) is 0 Å². The van der Waals surface area contributed by atoms with Crippen LogP contribution in [0.3, 0.4) is 0 Å². The van der Waals surface area contributed by atoms with Crippen LogP contribution < -0.4 is 5.32 Å². The summed E-state index contributed by atoms with van der Waals surface area (Å²) in [6.45, 7) is 4.94. The first-order valence-corrected chi connectivity index (χ1v) is 6.71. The Labute approximate surface area is 117 Å². The Hall–Kier alpha value is -2.27.